The highest BCUT2D eigenvalue weighted by molar-refractivity contribution is 4.88. The van der Waals surface area contributed by atoms with E-state index in [1.165, 1.54) is 11.8 Å². The average Bonchev–Trinajstić information content (AvgIpc) is 2.39. The van der Waals surface area contributed by atoms with Gasteiger partial charge in [0.2, 0.25) is 0 Å². The number of nitrogens with two attached hydrogens (primary N) is 1. The van der Waals surface area contributed by atoms with Crippen LogP contribution in [0.15, 0.2) is 0 Å². The Labute approximate surface area is 114 Å². The van der Waals surface area contributed by atoms with Crippen LogP contribution in [0.25, 0.3) is 0 Å². The van der Waals surface area contributed by atoms with E-state index in [4.69, 9.17) is 5.73 Å². The lowest BCUT2D eigenvalue weighted by molar-refractivity contribution is -0.188. The molecule has 1 aliphatic heterocycles. The van der Waals surface area contributed by atoms with Gasteiger partial charge in [-0.05, 0) is 50.6 Å². The topological polar surface area (TPSA) is 29.3 Å². The Morgan fingerprint density at radius 2 is 1.68 bits per heavy atom. The van der Waals surface area contributed by atoms with Gasteiger partial charge in [-0.3, -0.25) is 4.90 Å². The van der Waals surface area contributed by atoms with Crippen LogP contribution in [0.4, 0.5) is 13.2 Å². The summed E-state index contributed by atoms with van der Waals surface area (Å²) in [6.45, 7) is 8.94. The molecule has 1 aliphatic rings. The van der Waals surface area contributed by atoms with Gasteiger partial charge < -0.3 is 5.73 Å². The summed E-state index contributed by atoms with van der Waals surface area (Å²) in [5.41, 5.74) is 5.73. The Bertz CT molecular complexity index is 281. The molecule has 0 spiro atoms. The van der Waals surface area contributed by atoms with Crippen LogP contribution in [-0.4, -0.2) is 36.2 Å². The first-order valence-electron chi connectivity index (χ1n) is 7.10. The van der Waals surface area contributed by atoms with E-state index in [9.17, 15) is 13.2 Å². The average molecular weight is 280 g/mol. The summed E-state index contributed by atoms with van der Waals surface area (Å²) >= 11 is 0. The van der Waals surface area contributed by atoms with Gasteiger partial charge in [-0.1, -0.05) is 20.8 Å². The van der Waals surface area contributed by atoms with Crippen molar-refractivity contribution in [3.63, 3.8) is 0 Å². The zero-order valence-corrected chi connectivity index (χ0v) is 12.4. The fourth-order valence-corrected chi connectivity index (χ4v) is 3.10. The van der Waals surface area contributed by atoms with Gasteiger partial charge in [-0.15, -0.1) is 0 Å². The summed E-state index contributed by atoms with van der Waals surface area (Å²) in [4.78, 5) is 1.54. The molecule has 0 bridgehead atoms. The van der Waals surface area contributed by atoms with E-state index < -0.39 is 18.3 Å². The maximum absolute atomic E-state index is 13.1. The van der Waals surface area contributed by atoms with Crippen molar-refractivity contribution in [2.45, 2.75) is 65.2 Å². The maximum Gasteiger partial charge on any atom is 0.405 e. The van der Waals surface area contributed by atoms with Gasteiger partial charge in [0.05, 0.1) is 0 Å². The molecule has 1 rings (SSSR count). The first-order valence-corrected chi connectivity index (χ1v) is 7.10. The van der Waals surface area contributed by atoms with Gasteiger partial charge in [0.25, 0.3) is 0 Å². The van der Waals surface area contributed by atoms with Crippen LogP contribution in [0.1, 0.15) is 47.0 Å². The van der Waals surface area contributed by atoms with Gasteiger partial charge in [0.15, 0.2) is 0 Å². The van der Waals surface area contributed by atoms with Gasteiger partial charge >= 0.3 is 6.18 Å². The van der Waals surface area contributed by atoms with E-state index >= 15 is 0 Å². The molecule has 0 aromatic rings. The van der Waals surface area contributed by atoms with Crippen molar-refractivity contribution >= 4 is 0 Å². The van der Waals surface area contributed by atoms with Crippen LogP contribution in [0.2, 0.25) is 0 Å². The molecule has 1 heterocycles. The second-order valence-electron chi connectivity index (χ2n) is 6.88. The standard InChI is InChI=1S/C14H27F3N2/c1-10(18)12(14(15,16)17)19-8-5-6-11(7-9-19)13(2,3)4/h10-12H,5-9,18H2,1-4H3. The molecule has 5 heteroatoms. The zero-order valence-electron chi connectivity index (χ0n) is 12.4. The summed E-state index contributed by atoms with van der Waals surface area (Å²) in [5.74, 6) is 0.486. The summed E-state index contributed by atoms with van der Waals surface area (Å²) in [5, 5.41) is 0. The fourth-order valence-electron chi connectivity index (χ4n) is 3.10. The monoisotopic (exact) mass is 280 g/mol. The number of likely N-dealkylation sites (tertiary alicyclic amines) is 1. The number of rotatable bonds is 2. The maximum atomic E-state index is 13.1. The first-order chi connectivity index (χ1) is 8.53. The predicted octanol–water partition coefficient (Wildman–Crippen LogP) is 3.41. The summed E-state index contributed by atoms with van der Waals surface area (Å²) < 4.78 is 39.3. The second-order valence-corrected chi connectivity index (χ2v) is 6.88. The van der Waals surface area contributed by atoms with Crippen molar-refractivity contribution < 1.29 is 13.2 Å². The number of nitrogens with zero attached hydrogens (tertiary/aromatic N) is 1. The number of alkyl halides is 3. The van der Waals surface area contributed by atoms with Crippen molar-refractivity contribution in [3.05, 3.63) is 0 Å². The van der Waals surface area contributed by atoms with Gasteiger partial charge in [0.1, 0.15) is 6.04 Å². The minimum Gasteiger partial charge on any atom is -0.326 e. The van der Waals surface area contributed by atoms with E-state index in [-0.39, 0.29) is 5.41 Å². The molecule has 0 aromatic carbocycles. The van der Waals surface area contributed by atoms with E-state index in [0.29, 0.717) is 19.0 Å². The second kappa shape index (κ2) is 6.00. The third kappa shape index (κ3) is 4.63. The summed E-state index contributed by atoms with van der Waals surface area (Å²) in [7, 11) is 0. The lowest BCUT2D eigenvalue weighted by Gasteiger charge is -2.35. The molecule has 19 heavy (non-hydrogen) atoms. The smallest absolute Gasteiger partial charge is 0.326 e. The molecule has 1 fully saturated rings. The third-order valence-electron chi connectivity index (χ3n) is 4.21. The molecule has 2 N–H and O–H groups in total. The minimum absolute atomic E-state index is 0.165. The normalized spacial score (nSPS) is 26.8. The lowest BCUT2D eigenvalue weighted by Crippen LogP contribution is -2.55. The van der Waals surface area contributed by atoms with Crippen molar-refractivity contribution in [2.24, 2.45) is 17.1 Å². The van der Waals surface area contributed by atoms with Gasteiger partial charge in [-0.25, -0.2) is 0 Å². The minimum atomic E-state index is -4.24. The lowest BCUT2D eigenvalue weighted by atomic mass is 9.77. The predicted molar refractivity (Wildman–Crippen MR) is 71.9 cm³/mol. The highest BCUT2D eigenvalue weighted by atomic mass is 19.4. The molecular formula is C14H27F3N2. The van der Waals surface area contributed by atoms with Crippen molar-refractivity contribution in [1.82, 2.24) is 4.90 Å². The van der Waals surface area contributed by atoms with Crippen LogP contribution in [-0.2, 0) is 0 Å². The van der Waals surface area contributed by atoms with Crippen molar-refractivity contribution in [1.29, 1.82) is 0 Å². The number of halogens is 3. The molecule has 1 saturated heterocycles. The van der Waals surface area contributed by atoms with Crippen molar-refractivity contribution in [3.8, 4) is 0 Å². The Morgan fingerprint density at radius 1 is 1.11 bits per heavy atom. The molecule has 0 amide bonds. The Morgan fingerprint density at radius 3 is 2.11 bits per heavy atom. The van der Waals surface area contributed by atoms with E-state index in [0.717, 1.165) is 19.3 Å². The first kappa shape index (κ1) is 16.8. The van der Waals surface area contributed by atoms with E-state index in [2.05, 4.69) is 20.8 Å². The molecule has 0 aliphatic carbocycles. The van der Waals surface area contributed by atoms with Gasteiger partial charge in [-0.2, -0.15) is 13.2 Å². The van der Waals surface area contributed by atoms with Crippen LogP contribution in [0.5, 0.6) is 0 Å². The molecule has 0 radical (unpaired) electrons. The van der Waals surface area contributed by atoms with E-state index in [1.807, 2.05) is 0 Å². The van der Waals surface area contributed by atoms with Gasteiger partial charge in [0, 0.05) is 6.04 Å². The zero-order chi connectivity index (χ0) is 14.8. The molecule has 0 saturated carbocycles. The fraction of sp³-hybridized carbons (Fsp3) is 1.00. The quantitative estimate of drug-likeness (QED) is 0.840. The van der Waals surface area contributed by atoms with Crippen LogP contribution in [0, 0.1) is 11.3 Å². The third-order valence-corrected chi connectivity index (χ3v) is 4.21. The molecule has 0 aromatic heterocycles. The Hall–Kier alpha value is -0.290. The molecule has 2 nitrogen and oxygen atoms in total. The van der Waals surface area contributed by atoms with Crippen LogP contribution >= 0.6 is 0 Å². The largest absolute Gasteiger partial charge is 0.405 e. The SMILES string of the molecule is CC(N)C(N1CCCC(C(C)(C)C)CC1)C(F)(F)F. The van der Waals surface area contributed by atoms with Crippen molar-refractivity contribution in [2.75, 3.05) is 13.1 Å². The Kier molecular flexibility index (Phi) is 5.29. The molecule has 3 unspecified atom stereocenters. The Balaban J connectivity index is 2.75. The summed E-state index contributed by atoms with van der Waals surface area (Å²) in [6, 6.07) is -2.39. The van der Waals surface area contributed by atoms with Crippen LogP contribution in [0.3, 0.4) is 0 Å². The highest BCUT2D eigenvalue weighted by Crippen LogP contribution is 2.36. The van der Waals surface area contributed by atoms with Crippen LogP contribution < -0.4 is 5.73 Å². The highest BCUT2D eigenvalue weighted by Gasteiger charge is 2.46. The van der Waals surface area contributed by atoms with E-state index in [1.54, 1.807) is 0 Å². The molecule has 3 atom stereocenters. The number of hydrogen-bond acceptors (Lipinski definition) is 2. The summed E-state index contributed by atoms with van der Waals surface area (Å²) in [6.07, 6.45) is -1.59. The molecule has 114 valence electrons. The number of hydrogen-bond donors (Lipinski definition) is 1. The molecular weight excluding hydrogens is 253 g/mol.